The molecule has 1 aliphatic carbocycles. The maximum Gasteiger partial charge on any atom is 2.00 e. The van der Waals surface area contributed by atoms with Crippen LogP contribution in [0, 0.1) is 5.92 Å². The molecule has 0 saturated heterocycles. The molecule has 1 nitrogen and oxygen atoms in total. The Kier molecular flexibility index (Phi) is 7.63. The van der Waals surface area contributed by atoms with Crippen molar-refractivity contribution in [2.75, 3.05) is 0 Å². The fourth-order valence-electron chi connectivity index (χ4n) is 1.21. The van der Waals surface area contributed by atoms with Crippen LogP contribution in [0.25, 0.3) is 0 Å². The first-order valence-corrected chi connectivity index (χ1v) is 4.37. The number of aldehydes is 1. The van der Waals surface area contributed by atoms with E-state index in [0.717, 1.165) is 19.1 Å². The molecule has 0 heterocycles. The average Bonchev–Trinajstić information content (AvgIpc) is 2.31. The fraction of sp³-hybridized carbons (Fsp3) is 0.364. The molecule has 68 valence electrons. The van der Waals surface area contributed by atoms with Crippen LogP contribution in [0.1, 0.15) is 22.6 Å². The number of rotatable bonds is 3. The monoisotopic (exact) mass is 204 g/mol. The van der Waals surface area contributed by atoms with Gasteiger partial charge in [0.25, 0.3) is 0 Å². The summed E-state index contributed by atoms with van der Waals surface area (Å²) >= 11 is 0. The molecular formula is C11H16CaO. The molecule has 0 N–H and O–H groups in total. The van der Waals surface area contributed by atoms with Gasteiger partial charge < -0.3 is 7.65 Å². The van der Waals surface area contributed by atoms with Gasteiger partial charge in [0.1, 0.15) is 6.29 Å². The second kappa shape index (κ2) is 7.54. The minimum absolute atomic E-state index is 0. The summed E-state index contributed by atoms with van der Waals surface area (Å²) in [4.78, 5) is 10.5. The molecule has 13 heavy (non-hydrogen) atoms. The van der Waals surface area contributed by atoms with Crippen molar-refractivity contribution < 1.29 is 7.65 Å². The summed E-state index contributed by atoms with van der Waals surface area (Å²) in [5, 5.41) is 0. The number of allylic oxidation sites excluding steroid dienone is 6. The molecule has 1 rings (SSSR count). The van der Waals surface area contributed by atoms with Gasteiger partial charge in [-0.05, 0) is 12.0 Å². The van der Waals surface area contributed by atoms with Gasteiger partial charge in [-0.25, -0.2) is 0 Å². The van der Waals surface area contributed by atoms with Gasteiger partial charge in [-0.1, -0.05) is 43.7 Å². The molecule has 0 aromatic carbocycles. The Morgan fingerprint density at radius 1 is 1.54 bits per heavy atom. The van der Waals surface area contributed by atoms with Crippen molar-refractivity contribution in [1.29, 1.82) is 0 Å². The first-order chi connectivity index (χ1) is 5.86. The van der Waals surface area contributed by atoms with Gasteiger partial charge in [-0.2, -0.15) is 0 Å². The van der Waals surface area contributed by atoms with E-state index < -0.39 is 0 Å². The molecular weight excluding hydrogens is 188 g/mol. The molecule has 0 saturated carbocycles. The third-order valence-electron chi connectivity index (χ3n) is 1.87. The fourth-order valence-corrected chi connectivity index (χ4v) is 1.21. The zero-order chi connectivity index (χ0) is 8.81. The normalized spacial score (nSPS) is 20.1. The zero-order valence-electron chi connectivity index (χ0n) is 10.1. The van der Waals surface area contributed by atoms with E-state index in [9.17, 15) is 4.79 Å². The van der Waals surface area contributed by atoms with Gasteiger partial charge in [0.2, 0.25) is 0 Å². The maximum absolute atomic E-state index is 10.5. The SMILES string of the molecule is CCCC1=CC=CC(C=O)C=C1.[Ca+2].[H-].[H-]. The Balaban J connectivity index is -0.000000480. The van der Waals surface area contributed by atoms with Crippen molar-refractivity contribution in [1.82, 2.24) is 0 Å². The third kappa shape index (κ3) is 4.80. The van der Waals surface area contributed by atoms with Gasteiger partial charge in [0.15, 0.2) is 0 Å². The van der Waals surface area contributed by atoms with Crippen LogP contribution < -0.4 is 0 Å². The van der Waals surface area contributed by atoms with Crippen molar-refractivity contribution in [3.05, 3.63) is 36.0 Å². The zero-order valence-corrected chi connectivity index (χ0v) is 10.3. The Labute approximate surface area is 113 Å². The molecule has 0 aromatic rings. The van der Waals surface area contributed by atoms with E-state index in [1.165, 1.54) is 5.57 Å². The second-order valence-electron chi connectivity index (χ2n) is 2.95. The predicted molar refractivity (Wildman–Crippen MR) is 58.8 cm³/mol. The Morgan fingerprint density at radius 2 is 2.31 bits per heavy atom. The molecule has 1 atom stereocenters. The Morgan fingerprint density at radius 3 is 2.92 bits per heavy atom. The number of hydrogen-bond donors (Lipinski definition) is 0. The van der Waals surface area contributed by atoms with Gasteiger partial charge in [-0.15, -0.1) is 0 Å². The summed E-state index contributed by atoms with van der Waals surface area (Å²) in [6.07, 6.45) is 13.1. The number of hydrogen-bond acceptors (Lipinski definition) is 1. The van der Waals surface area contributed by atoms with Crippen molar-refractivity contribution in [3.63, 3.8) is 0 Å². The first kappa shape index (κ1) is 13.1. The van der Waals surface area contributed by atoms with E-state index in [-0.39, 0.29) is 46.5 Å². The van der Waals surface area contributed by atoms with E-state index in [1.54, 1.807) is 0 Å². The van der Waals surface area contributed by atoms with E-state index in [1.807, 2.05) is 24.3 Å². The average molecular weight is 204 g/mol. The van der Waals surface area contributed by atoms with Crippen LogP contribution in [0.5, 0.6) is 0 Å². The Hall–Kier alpha value is 0.150. The van der Waals surface area contributed by atoms with Crippen LogP contribution in [-0.2, 0) is 4.79 Å². The molecule has 0 fully saturated rings. The van der Waals surface area contributed by atoms with Gasteiger partial charge in [0.05, 0.1) is 5.92 Å². The number of carbonyl (C=O) groups excluding carboxylic acids is 1. The summed E-state index contributed by atoms with van der Waals surface area (Å²) in [6.45, 7) is 2.15. The van der Waals surface area contributed by atoms with E-state index in [4.69, 9.17) is 0 Å². The minimum atomic E-state index is -0.0318. The largest absolute Gasteiger partial charge is 2.00 e. The summed E-state index contributed by atoms with van der Waals surface area (Å²) < 4.78 is 0. The van der Waals surface area contributed by atoms with Crippen LogP contribution >= 0.6 is 0 Å². The van der Waals surface area contributed by atoms with E-state index >= 15 is 0 Å². The quantitative estimate of drug-likeness (QED) is 0.510. The maximum atomic E-state index is 10.5. The van der Waals surface area contributed by atoms with Crippen molar-refractivity contribution in [3.8, 4) is 0 Å². The third-order valence-corrected chi connectivity index (χ3v) is 1.87. The summed E-state index contributed by atoms with van der Waals surface area (Å²) in [7, 11) is 0. The van der Waals surface area contributed by atoms with Crippen LogP contribution in [0.4, 0.5) is 0 Å². The summed E-state index contributed by atoms with van der Waals surface area (Å²) in [6, 6.07) is 0. The van der Waals surface area contributed by atoms with Crippen LogP contribution in [0.3, 0.4) is 0 Å². The molecule has 0 aromatic heterocycles. The van der Waals surface area contributed by atoms with E-state index in [2.05, 4.69) is 13.0 Å². The van der Waals surface area contributed by atoms with Crippen LogP contribution in [-0.4, -0.2) is 44.0 Å². The molecule has 0 amide bonds. The molecule has 0 radical (unpaired) electrons. The first-order valence-electron chi connectivity index (χ1n) is 4.37. The molecule has 0 bridgehead atoms. The van der Waals surface area contributed by atoms with Gasteiger partial charge in [0, 0.05) is 0 Å². The molecule has 1 unspecified atom stereocenters. The molecule has 1 aliphatic rings. The van der Waals surface area contributed by atoms with E-state index in [0.29, 0.717) is 0 Å². The van der Waals surface area contributed by atoms with Gasteiger partial charge >= 0.3 is 37.7 Å². The molecule has 2 heteroatoms. The van der Waals surface area contributed by atoms with Crippen LogP contribution in [0.15, 0.2) is 36.0 Å². The summed E-state index contributed by atoms with van der Waals surface area (Å²) in [5.41, 5.74) is 1.30. The standard InChI is InChI=1S/C11H14O.Ca.2H/c1-2-4-10-5-3-6-11(9-12)8-7-10;;;/h3,5-9,11H,2,4H2,1H3;;;/q;+2;2*-1. The van der Waals surface area contributed by atoms with Crippen LogP contribution in [0.2, 0.25) is 0 Å². The van der Waals surface area contributed by atoms with Crippen molar-refractivity contribution >= 4 is 44.0 Å². The number of carbonyl (C=O) groups is 1. The topological polar surface area (TPSA) is 17.1 Å². The predicted octanol–water partition coefficient (Wildman–Crippen LogP) is 2.50. The molecule has 0 aliphatic heterocycles. The second-order valence-corrected chi connectivity index (χ2v) is 2.95. The Bertz CT molecular complexity index is 247. The van der Waals surface area contributed by atoms with Crippen molar-refractivity contribution in [2.45, 2.75) is 19.8 Å². The van der Waals surface area contributed by atoms with Gasteiger partial charge in [-0.3, -0.25) is 0 Å². The molecule has 0 spiro atoms. The minimum Gasteiger partial charge on any atom is -1.00 e. The smallest absolute Gasteiger partial charge is 1.00 e. The van der Waals surface area contributed by atoms with Crippen molar-refractivity contribution in [2.24, 2.45) is 5.92 Å². The summed E-state index contributed by atoms with van der Waals surface area (Å²) in [5.74, 6) is -0.0318.